The summed E-state index contributed by atoms with van der Waals surface area (Å²) >= 11 is 0. The number of carbonyl (C=O) groups is 1. The average molecular weight is 316 g/mol. The van der Waals surface area contributed by atoms with Crippen LogP contribution in [0.25, 0.3) is 10.9 Å². The van der Waals surface area contributed by atoms with Crippen LogP contribution in [0, 0.1) is 24.4 Å². The predicted molar refractivity (Wildman–Crippen MR) is 80.7 cm³/mol. The number of aromatic nitrogens is 1. The van der Waals surface area contributed by atoms with Gasteiger partial charge in [-0.05, 0) is 31.2 Å². The third kappa shape index (κ3) is 3.01. The lowest BCUT2D eigenvalue weighted by Crippen LogP contribution is -2.14. The maximum Gasteiger partial charge on any atom is 0.255 e. The van der Waals surface area contributed by atoms with E-state index >= 15 is 0 Å². The first kappa shape index (κ1) is 15.0. The van der Waals surface area contributed by atoms with Crippen molar-refractivity contribution in [2.75, 3.05) is 5.32 Å². The summed E-state index contributed by atoms with van der Waals surface area (Å²) in [5, 5.41) is 2.85. The second-order valence-electron chi connectivity index (χ2n) is 5.06. The molecule has 0 saturated carbocycles. The van der Waals surface area contributed by atoms with Crippen LogP contribution in [0.4, 0.5) is 18.9 Å². The average Bonchev–Trinajstić information content (AvgIpc) is 2.50. The molecule has 1 amide bonds. The summed E-state index contributed by atoms with van der Waals surface area (Å²) in [7, 11) is 0. The molecule has 0 radical (unpaired) electrons. The highest BCUT2D eigenvalue weighted by Gasteiger charge is 2.15. The Hall–Kier alpha value is -2.89. The van der Waals surface area contributed by atoms with Gasteiger partial charge < -0.3 is 5.32 Å². The van der Waals surface area contributed by atoms with Crippen molar-refractivity contribution in [3.63, 3.8) is 0 Å². The SMILES string of the molecule is Cc1ccc2cc(C(=O)Nc3c(F)cc(F)cc3F)ccc2n1. The molecule has 0 aliphatic carbocycles. The quantitative estimate of drug-likeness (QED) is 0.769. The van der Waals surface area contributed by atoms with E-state index in [1.54, 1.807) is 24.3 Å². The lowest BCUT2D eigenvalue weighted by atomic mass is 10.1. The van der Waals surface area contributed by atoms with Gasteiger partial charge in [-0.25, -0.2) is 13.2 Å². The van der Waals surface area contributed by atoms with Gasteiger partial charge in [0.2, 0.25) is 0 Å². The summed E-state index contributed by atoms with van der Waals surface area (Å²) in [6, 6.07) is 9.32. The zero-order valence-corrected chi connectivity index (χ0v) is 12.0. The zero-order chi connectivity index (χ0) is 16.6. The minimum atomic E-state index is -1.17. The van der Waals surface area contributed by atoms with Crippen LogP contribution in [-0.2, 0) is 0 Å². The van der Waals surface area contributed by atoms with Gasteiger partial charge in [0.15, 0.2) is 11.6 Å². The Labute approximate surface area is 129 Å². The molecule has 116 valence electrons. The van der Waals surface area contributed by atoms with Gasteiger partial charge in [-0.15, -0.1) is 0 Å². The van der Waals surface area contributed by atoms with Crippen molar-refractivity contribution >= 4 is 22.5 Å². The molecule has 6 heteroatoms. The second-order valence-corrected chi connectivity index (χ2v) is 5.06. The number of aryl methyl sites for hydroxylation is 1. The van der Waals surface area contributed by atoms with Crippen LogP contribution < -0.4 is 5.32 Å². The van der Waals surface area contributed by atoms with Crippen molar-refractivity contribution in [3.8, 4) is 0 Å². The van der Waals surface area contributed by atoms with Gasteiger partial charge in [-0.1, -0.05) is 6.07 Å². The first-order valence-electron chi connectivity index (χ1n) is 6.77. The van der Waals surface area contributed by atoms with Gasteiger partial charge in [-0.3, -0.25) is 9.78 Å². The maximum atomic E-state index is 13.6. The number of hydrogen-bond acceptors (Lipinski definition) is 2. The monoisotopic (exact) mass is 316 g/mol. The molecular formula is C17H11F3N2O. The molecule has 1 N–H and O–H groups in total. The van der Waals surface area contributed by atoms with E-state index in [1.165, 1.54) is 6.07 Å². The molecule has 3 aromatic rings. The Morgan fingerprint density at radius 3 is 2.39 bits per heavy atom. The van der Waals surface area contributed by atoms with E-state index in [2.05, 4.69) is 10.3 Å². The van der Waals surface area contributed by atoms with E-state index in [0.717, 1.165) is 11.1 Å². The third-order valence-corrected chi connectivity index (χ3v) is 3.34. The molecule has 1 aromatic heterocycles. The van der Waals surface area contributed by atoms with Crippen molar-refractivity contribution in [1.29, 1.82) is 0 Å². The van der Waals surface area contributed by atoms with E-state index in [4.69, 9.17) is 0 Å². The van der Waals surface area contributed by atoms with Crippen LogP contribution in [0.2, 0.25) is 0 Å². The maximum absolute atomic E-state index is 13.6. The van der Waals surface area contributed by atoms with Crippen molar-refractivity contribution in [2.24, 2.45) is 0 Å². The Bertz CT molecular complexity index is 902. The van der Waals surface area contributed by atoms with Crippen LogP contribution in [0.1, 0.15) is 16.1 Å². The summed E-state index contributed by atoms with van der Waals surface area (Å²) < 4.78 is 40.0. The molecule has 0 bridgehead atoms. The van der Waals surface area contributed by atoms with E-state index in [-0.39, 0.29) is 5.56 Å². The number of rotatable bonds is 2. The van der Waals surface area contributed by atoms with Gasteiger partial charge in [0.25, 0.3) is 5.91 Å². The molecule has 0 fully saturated rings. The summed E-state index contributed by atoms with van der Waals surface area (Å²) in [6.45, 7) is 1.85. The largest absolute Gasteiger partial charge is 0.317 e. The molecule has 0 spiro atoms. The summed E-state index contributed by atoms with van der Waals surface area (Å²) in [6.07, 6.45) is 0. The molecule has 0 aliphatic rings. The lowest BCUT2D eigenvalue weighted by Gasteiger charge is -2.08. The van der Waals surface area contributed by atoms with Crippen LogP contribution in [-0.4, -0.2) is 10.9 Å². The number of pyridine rings is 1. The molecule has 3 nitrogen and oxygen atoms in total. The summed E-state index contributed by atoms with van der Waals surface area (Å²) in [5.41, 5.74) is 1.08. The van der Waals surface area contributed by atoms with Crippen molar-refractivity contribution in [2.45, 2.75) is 6.92 Å². The molecule has 0 saturated heterocycles. The van der Waals surface area contributed by atoms with E-state index < -0.39 is 29.0 Å². The first-order chi connectivity index (χ1) is 10.9. The van der Waals surface area contributed by atoms with Crippen LogP contribution in [0.5, 0.6) is 0 Å². The fraction of sp³-hybridized carbons (Fsp3) is 0.0588. The number of carbonyl (C=O) groups excluding carboxylic acids is 1. The number of benzene rings is 2. The third-order valence-electron chi connectivity index (χ3n) is 3.34. The second kappa shape index (κ2) is 5.72. The number of halogens is 3. The number of hydrogen-bond donors (Lipinski definition) is 1. The number of amides is 1. The van der Waals surface area contributed by atoms with Crippen LogP contribution >= 0.6 is 0 Å². The predicted octanol–water partition coefficient (Wildman–Crippen LogP) is 4.21. The summed E-state index contributed by atoms with van der Waals surface area (Å²) in [4.78, 5) is 16.5. The Morgan fingerprint density at radius 2 is 1.70 bits per heavy atom. The van der Waals surface area contributed by atoms with E-state index in [9.17, 15) is 18.0 Å². The molecule has 3 rings (SSSR count). The first-order valence-corrected chi connectivity index (χ1v) is 6.77. The van der Waals surface area contributed by atoms with Gasteiger partial charge in [-0.2, -0.15) is 0 Å². The molecule has 2 aromatic carbocycles. The van der Waals surface area contributed by atoms with Crippen molar-refractivity contribution < 1.29 is 18.0 Å². The lowest BCUT2D eigenvalue weighted by molar-refractivity contribution is 0.102. The minimum absolute atomic E-state index is 0.214. The number of anilines is 1. The molecular weight excluding hydrogens is 305 g/mol. The van der Waals surface area contributed by atoms with Crippen molar-refractivity contribution in [1.82, 2.24) is 4.98 Å². The highest BCUT2D eigenvalue weighted by atomic mass is 19.1. The van der Waals surface area contributed by atoms with Gasteiger partial charge >= 0.3 is 0 Å². The van der Waals surface area contributed by atoms with Crippen LogP contribution in [0.15, 0.2) is 42.5 Å². The molecule has 0 aliphatic heterocycles. The smallest absolute Gasteiger partial charge is 0.255 e. The van der Waals surface area contributed by atoms with Crippen molar-refractivity contribution in [3.05, 3.63) is 71.2 Å². The molecule has 1 heterocycles. The Kier molecular flexibility index (Phi) is 3.73. The zero-order valence-electron chi connectivity index (χ0n) is 12.0. The van der Waals surface area contributed by atoms with E-state index in [1.807, 2.05) is 6.92 Å². The number of nitrogens with zero attached hydrogens (tertiary/aromatic N) is 1. The fourth-order valence-corrected chi connectivity index (χ4v) is 2.22. The Morgan fingerprint density at radius 1 is 1.00 bits per heavy atom. The van der Waals surface area contributed by atoms with Gasteiger partial charge in [0.05, 0.1) is 5.52 Å². The topological polar surface area (TPSA) is 42.0 Å². The Balaban J connectivity index is 1.93. The van der Waals surface area contributed by atoms with Gasteiger partial charge in [0.1, 0.15) is 11.5 Å². The molecule has 0 atom stereocenters. The molecule has 23 heavy (non-hydrogen) atoms. The van der Waals surface area contributed by atoms with Crippen LogP contribution in [0.3, 0.4) is 0 Å². The normalized spacial score (nSPS) is 10.8. The molecule has 0 unspecified atom stereocenters. The number of fused-ring (bicyclic) bond motifs is 1. The summed E-state index contributed by atoms with van der Waals surface area (Å²) in [5.74, 6) is -4.09. The number of nitrogens with one attached hydrogen (secondary N) is 1. The fourth-order valence-electron chi connectivity index (χ4n) is 2.22. The van der Waals surface area contributed by atoms with E-state index in [0.29, 0.717) is 17.6 Å². The van der Waals surface area contributed by atoms with Gasteiger partial charge in [0, 0.05) is 28.8 Å². The standard InChI is InChI=1S/C17H11F3N2O/c1-9-2-3-10-6-11(4-5-15(10)21-9)17(23)22-16-13(19)7-12(18)8-14(16)20/h2-8H,1H3,(H,22,23). The highest BCUT2D eigenvalue weighted by molar-refractivity contribution is 6.06. The highest BCUT2D eigenvalue weighted by Crippen LogP contribution is 2.22. The minimum Gasteiger partial charge on any atom is -0.317 e.